The van der Waals surface area contributed by atoms with Crippen LogP contribution in [0.2, 0.25) is 5.15 Å². The van der Waals surface area contributed by atoms with Crippen LogP contribution in [0.1, 0.15) is 23.2 Å². The largest absolute Gasteiger partial charge is 0.465 e. The Morgan fingerprint density at radius 1 is 1.40 bits per heavy atom. The van der Waals surface area contributed by atoms with E-state index in [0.29, 0.717) is 37.3 Å². The molecule has 1 saturated heterocycles. The number of pyridine rings is 1. The minimum absolute atomic E-state index is 0.0569. The van der Waals surface area contributed by atoms with Crippen molar-refractivity contribution < 1.29 is 14.7 Å². The fraction of sp³-hybridized carbons (Fsp3) is 0.417. The first-order valence-electron chi connectivity index (χ1n) is 6.17. The average molecular weight is 299 g/mol. The Bertz CT molecular complexity index is 529. The van der Waals surface area contributed by atoms with E-state index in [9.17, 15) is 9.59 Å². The molecule has 0 unspecified atom stereocenters. The summed E-state index contributed by atoms with van der Waals surface area (Å²) in [5, 5.41) is 11.4. The number of piperidine rings is 1. The minimum atomic E-state index is -1.01. The van der Waals surface area contributed by atoms with Crippen LogP contribution in [0.15, 0.2) is 12.1 Å². The molecule has 1 fully saturated rings. The van der Waals surface area contributed by atoms with E-state index in [-0.39, 0.29) is 11.2 Å². The van der Waals surface area contributed by atoms with E-state index in [0.717, 1.165) is 0 Å². The van der Waals surface area contributed by atoms with Crippen molar-refractivity contribution in [2.24, 2.45) is 5.73 Å². The van der Waals surface area contributed by atoms with Gasteiger partial charge >= 0.3 is 6.09 Å². The summed E-state index contributed by atoms with van der Waals surface area (Å²) in [7, 11) is 0. The van der Waals surface area contributed by atoms with E-state index >= 15 is 0 Å². The van der Waals surface area contributed by atoms with Gasteiger partial charge in [-0.2, -0.15) is 0 Å². The van der Waals surface area contributed by atoms with Gasteiger partial charge in [0.25, 0.3) is 0 Å². The lowest BCUT2D eigenvalue weighted by atomic mass is 10.1. The van der Waals surface area contributed by atoms with Crippen molar-refractivity contribution in [3.05, 3.63) is 22.8 Å². The van der Waals surface area contributed by atoms with Crippen molar-refractivity contribution in [3.8, 4) is 0 Å². The van der Waals surface area contributed by atoms with E-state index in [1.54, 1.807) is 6.07 Å². The second-order valence-corrected chi connectivity index (χ2v) is 5.00. The summed E-state index contributed by atoms with van der Waals surface area (Å²) in [6, 6.07) is 2.96. The highest BCUT2D eigenvalue weighted by atomic mass is 35.5. The van der Waals surface area contributed by atoms with Gasteiger partial charge in [-0.3, -0.25) is 4.79 Å². The van der Waals surface area contributed by atoms with Crippen LogP contribution < -0.4 is 16.0 Å². The number of anilines is 1. The van der Waals surface area contributed by atoms with Gasteiger partial charge in [-0.15, -0.1) is 0 Å². The molecule has 0 spiro atoms. The summed E-state index contributed by atoms with van der Waals surface area (Å²) in [5.41, 5.74) is 5.55. The molecule has 108 valence electrons. The second kappa shape index (κ2) is 5.96. The molecule has 20 heavy (non-hydrogen) atoms. The lowest BCUT2D eigenvalue weighted by molar-refractivity contribution is 0.1000. The number of aromatic nitrogens is 1. The van der Waals surface area contributed by atoms with Gasteiger partial charge in [0.15, 0.2) is 0 Å². The van der Waals surface area contributed by atoms with E-state index in [1.807, 2.05) is 4.90 Å². The minimum Gasteiger partial charge on any atom is -0.465 e. The Morgan fingerprint density at radius 2 is 2.05 bits per heavy atom. The molecule has 2 rings (SSSR count). The fourth-order valence-electron chi connectivity index (χ4n) is 2.21. The molecule has 2 amide bonds. The van der Waals surface area contributed by atoms with Gasteiger partial charge in [0, 0.05) is 24.7 Å². The SMILES string of the molecule is NC(=O)c1cc(Cl)nc(N2CCC(NC(=O)O)CC2)c1. The maximum Gasteiger partial charge on any atom is 0.404 e. The van der Waals surface area contributed by atoms with Crippen molar-refractivity contribution in [3.63, 3.8) is 0 Å². The molecule has 0 bridgehead atoms. The number of hydrogen-bond acceptors (Lipinski definition) is 4. The zero-order valence-electron chi connectivity index (χ0n) is 10.7. The van der Waals surface area contributed by atoms with Crippen LogP contribution in [0.25, 0.3) is 0 Å². The van der Waals surface area contributed by atoms with Crippen molar-refractivity contribution >= 4 is 29.4 Å². The Labute approximate surface area is 120 Å². The van der Waals surface area contributed by atoms with Crippen molar-refractivity contribution in [2.75, 3.05) is 18.0 Å². The fourth-order valence-corrected chi connectivity index (χ4v) is 2.42. The highest BCUT2D eigenvalue weighted by Gasteiger charge is 2.22. The molecule has 0 aliphatic carbocycles. The van der Waals surface area contributed by atoms with Crippen molar-refractivity contribution in [2.45, 2.75) is 18.9 Å². The molecule has 2 heterocycles. The van der Waals surface area contributed by atoms with Crippen LogP contribution in [0.4, 0.5) is 10.6 Å². The van der Waals surface area contributed by atoms with Gasteiger partial charge in [-0.25, -0.2) is 9.78 Å². The number of hydrogen-bond donors (Lipinski definition) is 3. The molecular weight excluding hydrogens is 284 g/mol. The molecule has 1 aromatic rings. The van der Waals surface area contributed by atoms with Crippen molar-refractivity contribution in [1.82, 2.24) is 10.3 Å². The lowest BCUT2D eigenvalue weighted by Crippen LogP contribution is -2.44. The summed E-state index contributed by atoms with van der Waals surface area (Å²) in [6.07, 6.45) is 0.332. The van der Waals surface area contributed by atoms with Crippen LogP contribution in [-0.4, -0.2) is 41.2 Å². The Balaban J connectivity index is 2.07. The summed E-state index contributed by atoms with van der Waals surface area (Å²) in [5.74, 6) is 0.0260. The normalized spacial score (nSPS) is 15.9. The number of nitrogens with two attached hydrogens (primary N) is 1. The van der Waals surface area contributed by atoms with Gasteiger partial charge < -0.3 is 21.1 Å². The molecule has 4 N–H and O–H groups in total. The number of carbonyl (C=O) groups excluding carboxylic acids is 1. The topological polar surface area (TPSA) is 109 Å². The predicted molar refractivity (Wildman–Crippen MR) is 74.2 cm³/mol. The Hall–Kier alpha value is -2.02. The van der Waals surface area contributed by atoms with Crippen LogP contribution >= 0.6 is 11.6 Å². The number of nitrogens with one attached hydrogen (secondary N) is 1. The zero-order valence-corrected chi connectivity index (χ0v) is 11.4. The molecule has 1 aliphatic rings. The molecule has 0 atom stereocenters. The number of carboxylic acid groups (broad SMARTS) is 1. The molecular formula is C12H15ClN4O3. The summed E-state index contributed by atoms with van der Waals surface area (Å²) in [4.78, 5) is 27.9. The number of rotatable bonds is 3. The molecule has 0 radical (unpaired) electrons. The van der Waals surface area contributed by atoms with Gasteiger partial charge in [-0.05, 0) is 25.0 Å². The molecule has 0 aromatic carbocycles. The van der Waals surface area contributed by atoms with Gasteiger partial charge in [0.2, 0.25) is 5.91 Å². The quantitative estimate of drug-likeness (QED) is 0.723. The number of carbonyl (C=O) groups is 2. The average Bonchev–Trinajstić information content (AvgIpc) is 2.38. The molecule has 8 heteroatoms. The molecule has 1 aromatic heterocycles. The summed E-state index contributed by atoms with van der Waals surface area (Å²) < 4.78 is 0. The third-order valence-electron chi connectivity index (χ3n) is 3.21. The van der Waals surface area contributed by atoms with Crippen LogP contribution in [-0.2, 0) is 0 Å². The number of nitrogens with zero attached hydrogens (tertiary/aromatic N) is 2. The number of primary amides is 1. The van der Waals surface area contributed by atoms with Gasteiger partial charge in [-0.1, -0.05) is 11.6 Å². The maximum absolute atomic E-state index is 11.2. The number of halogens is 1. The first kappa shape index (κ1) is 14.4. The van der Waals surface area contributed by atoms with Gasteiger partial charge in [0.05, 0.1) is 0 Å². The lowest BCUT2D eigenvalue weighted by Gasteiger charge is -2.32. The van der Waals surface area contributed by atoms with E-state index in [1.165, 1.54) is 6.07 Å². The van der Waals surface area contributed by atoms with E-state index in [2.05, 4.69) is 10.3 Å². The molecule has 0 saturated carbocycles. The first-order valence-corrected chi connectivity index (χ1v) is 6.55. The highest BCUT2D eigenvalue weighted by Crippen LogP contribution is 2.21. The predicted octanol–water partition coefficient (Wildman–Crippen LogP) is 1.07. The third kappa shape index (κ3) is 3.51. The standard InChI is InChI=1S/C12H15ClN4O3/c13-9-5-7(11(14)18)6-10(16-9)17-3-1-8(2-4-17)15-12(19)20/h5-6,8,15H,1-4H2,(H2,14,18)(H,19,20). The van der Waals surface area contributed by atoms with E-state index < -0.39 is 12.0 Å². The first-order chi connectivity index (χ1) is 9.45. The highest BCUT2D eigenvalue weighted by molar-refractivity contribution is 6.29. The maximum atomic E-state index is 11.2. The van der Waals surface area contributed by atoms with Crippen molar-refractivity contribution in [1.29, 1.82) is 0 Å². The van der Waals surface area contributed by atoms with Gasteiger partial charge in [0.1, 0.15) is 11.0 Å². The summed E-state index contributed by atoms with van der Waals surface area (Å²) >= 11 is 5.88. The monoisotopic (exact) mass is 298 g/mol. The Morgan fingerprint density at radius 3 is 2.60 bits per heavy atom. The van der Waals surface area contributed by atoms with Crippen LogP contribution in [0.5, 0.6) is 0 Å². The zero-order chi connectivity index (χ0) is 14.7. The summed E-state index contributed by atoms with van der Waals surface area (Å²) in [6.45, 7) is 1.27. The number of amides is 2. The Kier molecular flexibility index (Phi) is 4.29. The third-order valence-corrected chi connectivity index (χ3v) is 3.41. The second-order valence-electron chi connectivity index (χ2n) is 4.61. The van der Waals surface area contributed by atoms with E-state index in [4.69, 9.17) is 22.4 Å². The van der Waals surface area contributed by atoms with Crippen LogP contribution in [0.3, 0.4) is 0 Å². The smallest absolute Gasteiger partial charge is 0.404 e. The molecule has 1 aliphatic heterocycles. The molecule has 7 nitrogen and oxygen atoms in total. The van der Waals surface area contributed by atoms with Crippen LogP contribution in [0, 0.1) is 0 Å².